The normalized spacial score (nSPS) is 10.4. The van der Waals surface area contributed by atoms with Gasteiger partial charge in [-0.15, -0.1) is 0 Å². The van der Waals surface area contributed by atoms with Crippen molar-refractivity contribution >= 4 is 40.5 Å². The molecule has 0 atom stereocenters. The number of ether oxygens (including phenoxy) is 1. The van der Waals surface area contributed by atoms with E-state index in [0.29, 0.717) is 33.2 Å². The van der Waals surface area contributed by atoms with Crippen molar-refractivity contribution in [1.29, 1.82) is 0 Å². The average molecular weight is 314 g/mol. The largest absolute Gasteiger partial charge is 0.377 e. The van der Waals surface area contributed by atoms with Gasteiger partial charge in [-0.05, 0) is 18.2 Å². The summed E-state index contributed by atoms with van der Waals surface area (Å²) in [5.41, 5.74) is 3.12. The van der Waals surface area contributed by atoms with Gasteiger partial charge in [-0.25, -0.2) is 15.8 Å². The second kappa shape index (κ2) is 6.71. The lowest BCUT2D eigenvalue weighted by molar-refractivity contribution is 0.178. The molecule has 0 fully saturated rings. The van der Waals surface area contributed by atoms with Gasteiger partial charge in [-0.2, -0.15) is 0 Å². The van der Waals surface area contributed by atoms with Crippen LogP contribution in [0.2, 0.25) is 10.0 Å². The Balaban J connectivity index is 2.32. The number of rotatable bonds is 5. The molecule has 0 amide bonds. The van der Waals surface area contributed by atoms with Gasteiger partial charge < -0.3 is 15.5 Å². The molecule has 0 aliphatic rings. The van der Waals surface area contributed by atoms with E-state index in [2.05, 4.69) is 20.7 Å². The summed E-state index contributed by atoms with van der Waals surface area (Å²) in [5, 5.41) is 4.17. The van der Waals surface area contributed by atoms with Gasteiger partial charge in [0.25, 0.3) is 0 Å². The Bertz CT molecular complexity index is 608. The average Bonchev–Trinajstić information content (AvgIpc) is 2.43. The van der Waals surface area contributed by atoms with Gasteiger partial charge in [-0.3, -0.25) is 0 Å². The highest BCUT2D eigenvalue weighted by atomic mass is 35.5. The van der Waals surface area contributed by atoms with E-state index in [1.165, 1.54) is 0 Å². The van der Waals surface area contributed by atoms with Gasteiger partial charge in [-0.1, -0.05) is 23.2 Å². The van der Waals surface area contributed by atoms with E-state index in [1.54, 1.807) is 31.4 Å². The topological polar surface area (TPSA) is 85.1 Å². The quantitative estimate of drug-likeness (QED) is 0.581. The minimum atomic E-state index is 0.271. The maximum absolute atomic E-state index is 6.09. The van der Waals surface area contributed by atoms with Gasteiger partial charge in [0.05, 0.1) is 10.7 Å². The summed E-state index contributed by atoms with van der Waals surface area (Å²) in [7, 11) is 1.56. The van der Waals surface area contributed by atoms with Crippen molar-refractivity contribution in [2.45, 2.75) is 6.61 Å². The van der Waals surface area contributed by atoms with E-state index in [1.807, 2.05) is 0 Å². The second-order valence-corrected chi connectivity index (χ2v) is 4.72. The Morgan fingerprint density at radius 3 is 2.65 bits per heavy atom. The first kappa shape index (κ1) is 14.8. The Kier molecular flexibility index (Phi) is 4.97. The number of nitrogens with two attached hydrogens (primary N) is 1. The molecule has 0 spiro atoms. The lowest BCUT2D eigenvalue weighted by Gasteiger charge is -2.11. The molecule has 0 aliphatic carbocycles. The summed E-state index contributed by atoms with van der Waals surface area (Å²) in [6.45, 7) is 0.271. The van der Waals surface area contributed by atoms with Crippen LogP contribution < -0.4 is 16.6 Å². The molecule has 1 aromatic carbocycles. The van der Waals surface area contributed by atoms with Crippen molar-refractivity contribution < 1.29 is 4.74 Å². The third kappa shape index (κ3) is 3.71. The van der Waals surface area contributed by atoms with Gasteiger partial charge in [0.1, 0.15) is 18.2 Å². The lowest BCUT2D eigenvalue weighted by Crippen LogP contribution is -2.11. The molecular formula is C12H13Cl2N5O. The first-order valence-corrected chi connectivity index (χ1v) is 6.43. The SMILES string of the molecule is COCc1nc(NN)cc(Nc2cc(Cl)ccc2Cl)n1. The zero-order valence-electron chi connectivity index (χ0n) is 10.7. The highest BCUT2D eigenvalue weighted by molar-refractivity contribution is 6.35. The number of hydrogen-bond donors (Lipinski definition) is 3. The van der Waals surface area contributed by atoms with Crippen molar-refractivity contribution in [3.8, 4) is 0 Å². The summed E-state index contributed by atoms with van der Waals surface area (Å²) >= 11 is 12.0. The number of benzene rings is 1. The molecule has 106 valence electrons. The molecule has 0 unspecified atom stereocenters. The molecule has 6 nitrogen and oxygen atoms in total. The zero-order valence-corrected chi connectivity index (χ0v) is 12.2. The van der Waals surface area contributed by atoms with E-state index in [-0.39, 0.29) is 6.61 Å². The standard InChI is InChI=1S/C12H13Cl2N5O/c1-20-6-12-17-10(5-11(18-12)19-15)16-9-4-7(13)2-3-8(9)14/h2-5H,6,15H2,1H3,(H2,16,17,18,19). The number of anilines is 3. The van der Waals surface area contributed by atoms with Crippen LogP contribution in [0.4, 0.5) is 17.3 Å². The third-order valence-corrected chi connectivity index (χ3v) is 2.95. The minimum absolute atomic E-state index is 0.271. The minimum Gasteiger partial charge on any atom is -0.377 e. The van der Waals surface area contributed by atoms with Crippen LogP contribution in [0.5, 0.6) is 0 Å². The van der Waals surface area contributed by atoms with Gasteiger partial charge in [0, 0.05) is 18.2 Å². The number of aromatic nitrogens is 2. The fraction of sp³-hybridized carbons (Fsp3) is 0.167. The van der Waals surface area contributed by atoms with Crippen molar-refractivity contribution in [1.82, 2.24) is 9.97 Å². The predicted octanol–water partition coefficient (Wildman–Crippen LogP) is 2.96. The maximum Gasteiger partial charge on any atom is 0.158 e. The molecule has 1 aromatic heterocycles. The third-order valence-electron chi connectivity index (χ3n) is 2.38. The van der Waals surface area contributed by atoms with Crippen LogP contribution in [0.25, 0.3) is 0 Å². The molecule has 0 saturated carbocycles. The number of hydrazine groups is 1. The smallest absolute Gasteiger partial charge is 0.158 e. The number of nitrogen functional groups attached to an aromatic ring is 1. The van der Waals surface area contributed by atoms with Crippen molar-refractivity contribution in [3.63, 3.8) is 0 Å². The second-order valence-electron chi connectivity index (χ2n) is 3.88. The summed E-state index contributed by atoms with van der Waals surface area (Å²) in [6, 6.07) is 6.76. The molecule has 4 N–H and O–H groups in total. The van der Waals surface area contributed by atoms with Crippen LogP contribution in [-0.2, 0) is 11.3 Å². The maximum atomic E-state index is 6.09. The van der Waals surface area contributed by atoms with Crippen LogP contribution in [0.1, 0.15) is 5.82 Å². The predicted molar refractivity (Wildman–Crippen MR) is 80.3 cm³/mol. The number of halogens is 2. The van der Waals surface area contributed by atoms with Crippen LogP contribution in [-0.4, -0.2) is 17.1 Å². The molecule has 20 heavy (non-hydrogen) atoms. The van der Waals surface area contributed by atoms with Crippen molar-refractivity contribution in [2.75, 3.05) is 17.9 Å². The monoisotopic (exact) mass is 313 g/mol. The lowest BCUT2D eigenvalue weighted by atomic mass is 10.3. The Labute approximate surface area is 126 Å². The number of hydrogen-bond acceptors (Lipinski definition) is 6. The molecule has 8 heteroatoms. The van der Waals surface area contributed by atoms with E-state index in [0.717, 1.165) is 0 Å². The summed E-state index contributed by atoms with van der Waals surface area (Å²) in [4.78, 5) is 8.44. The molecule has 0 saturated heterocycles. The summed E-state index contributed by atoms with van der Waals surface area (Å²) in [5.74, 6) is 6.86. The number of methoxy groups -OCH3 is 1. The van der Waals surface area contributed by atoms with Crippen molar-refractivity contribution in [2.24, 2.45) is 5.84 Å². The van der Waals surface area contributed by atoms with Gasteiger partial charge >= 0.3 is 0 Å². The van der Waals surface area contributed by atoms with E-state index in [9.17, 15) is 0 Å². The molecule has 1 heterocycles. The molecule has 2 rings (SSSR count). The zero-order chi connectivity index (χ0) is 14.5. The number of nitrogens with one attached hydrogen (secondary N) is 2. The molecular weight excluding hydrogens is 301 g/mol. The van der Waals surface area contributed by atoms with Gasteiger partial charge in [0.2, 0.25) is 0 Å². The van der Waals surface area contributed by atoms with E-state index < -0.39 is 0 Å². The Morgan fingerprint density at radius 2 is 1.95 bits per heavy atom. The van der Waals surface area contributed by atoms with E-state index in [4.69, 9.17) is 33.8 Å². The van der Waals surface area contributed by atoms with E-state index >= 15 is 0 Å². The number of nitrogens with zero attached hydrogens (tertiary/aromatic N) is 2. The van der Waals surface area contributed by atoms with Crippen LogP contribution in [0.15, 0.2) is 24.3 Å². The first-order valence-electron chi connectivity index (χ1n) is 5.68. The Morgan fingerprint density at radius 1 is 1.20 bits per heavy atom. The van der Waals surface area contributed by atoms with Crippen LogP contribution in [0, 0.1) is 0 Å². The van der Waals surface area contributed by atoms with Crippen molar-refractivity contribution in [3.05, 3.63) is 40.1 Å². The van der Waals surface area contributed by atoms with Gasteiger partial charge in [0.15, 0.2) is 5.82 Å². The molecule has 0 bridgehead atoms. The fourth-order valence-electron chi connectivity index (χ4n) is 1.56. The molecule has 2 aromatic rings. The van der Waals surface area contributed by atoms with Crippen LogP contribution >= 0.6 is 23.2 Å². The fourth-order valence-corrected chi connectivity index (χ4v) is 1.90. The summed E-state index contributed by atoms with van der Waals surface area (Å²) < 4.78 is 5.01. The highest BCUT2D eigenvalue weighted by Gasteiger charge is 2.07. The first-order chi connectivity index (χ1) is 9.62. The molecule has 0 radical (unpaired) electrons. The Hall–Kier alpha value is -1.60. The molecule has 0 aliphatic heterocycles. The summed E-state index contributed by atoms with van der Waals surface area (Å²) in [6.07, 6.45) is 0. The van der Waals surface area contributed by atoms with Crippen LogP contribution in [0.3, 0.4) is 0 Å². The highest BCUT2D eigenvalue weighted by Crippen LogP contribution is 2.28.